The predicted octanol–water partition coefficient (Wildman–Crippen LogP) is -0.386. The Hall–Kier alpha value is -1.16. The van der Waals surface area contributed by atoms with Crippen LogP contribution in [0.5, 0.6) is 0 Å². The van der Waals surface area contributed by atoms with Crippen molar-refractivity contribution >= 4 is 5.91 Å². The molecule has 1 amide bonds. The Kier molecular flexibility index (Phi) is 4.97. The van der Waals surface area contributed by atoms with Gasteiger partial charge < -0.3 is 20.4 Å². The number of hydrogen-bond acceptors (Lipinski definition) is 5. The third-order valence-corrected chi connectivity index (χ3v) is 4.63. The largest absolute Gasteiger partial charge is 0.396 e. The fourth-order valence-electron chi connectivity index (χ4n) is 3.44. The molecule has 2 heterocycles. The summed E-state index contributed by atoms with van der Waals surface area (Å²) < 4.78 is 0. The molecule has 0 bridgehead atoms. The van der Waals surface area contributed by atoms with Crippen LogP contribution in [0.2, 0.25) is 0 Å². The molecule has 0 aromatic rings. The number of rotatable bonds is 5. The van der Waals surface area contributed by atoms with Crippen LogP contribution in [0.1, 0.15) is 32.1 Å². The van der Waals surface area contributed by atoms with Gasteiger partial charge in [0.25, 0.3) is 0 Å². The van der Waals surface area contributed by atoms with Gasteiger partial charge in [-0.15, -0.1) is 0 Å². The lowest BCUT2D eigenvalue weighted by Gasteiger charge is -2.27. The average molecular weight is 281 g/mol. The molecular formula is C14H23N3O3. The Bertz CT molecular complexity index is 388. The molecule has 6 nitrogen and oxygen atoms in total. The van der Waals surface area contributed by atoms with Crippen molar-refractivity contribution in [1.82, 2.24) is 10.2 Å². The van der Waals surface area contributed by atoms with Crippen LogP contribution in [0.15, 0.2) is 0 Å². The molecule has 0 spiro atoms. The number of carbonyl (C=O) groups is 1. The summed E-state index contributed by atoms with van der Waals surface area (Å²) >= 11 is 0. The third-order valence-electron chi connectivity index (χ3n) is 4.63. The molecule has 2 aliphatic heterocycles. The SMILES string of the molecule is N#C[C@@H]1CCCN1C(=O)[C@@H]1CC(CCO)(CCO)CN1. The molecule has 2 aliphatic rings. The molecule has 6 heteroatoms. The number of amides is 1. The van der Waals surface area contributed by atoms with Crippen LogP contribution in [0.25, 0.3) is 0 Å². The van der Waals surface area contributed by atoms with Gasteiger partial charge in [0.2, 0.25) is 5.91 Å². The van der Waals surface area contributed by atoms with E-state index in [-0.39, 0.29) is 36.6 Å². The fraction of sp³-hybridized carbons (Fsp3) is 0.857. The molecule has 0 radical (unpaired) electrons. The van der Waals surface area contributed by atoms with Gasteiger partial charge >= 0.3 is 0 Å². The van der Waals surface area contributed by atoms with Gasteiger partial charge in [-0.1, -0.05) is 0 Å². The second-order valence-corrected chi connectivity index (χ2v) is 5.90. The van der Waals surface area contributed by atoms with Gasteiger partial charge in [-0.2, -0.15) is 5.26 Å². The van der Waals surface area contributed by atoms with E-state index < -0.39 is 0 Å². The number of aliphatic hydroxyl groups excluding tert-OH is 2. The Morgan fingerprint density at radius 3 is 2.70 bits per heavy atom. The molecule has 0 unspecified atom stereocenters. The zero-order valence-corrected chi connectivity index (χ0v) is 11.7. The summed E-state index contributed by atoms with van der Waals surface area (Å²) in [5.41, 5.74) is -0.203. The van der Waals surface area contributed by atoms with E-state index in [4.69, 9.17) is 5.26 Å². The lowest BCUT2D eigenvalue weighted by molar-refractivity contribution is -0.133. The summed E-state index contributed by atoms with van der Waals surface area (Å²) in [7, 11) is 0. The highest BCUT2D eigenvalue weighted by Gasteiger charge is 2.43. The minimum atomic E-state index is -0.296. The monoisotopic (exact) mass is 281 g/mol. The molecule has 0 aromatic carbocycles. The van der Waals surface area contributed by atoms with Gasteiger partial charge in [0.1, 0.15) is 6.04 Å². The molecule has 2 fully saturated rings. The molecule has 0 aliphatic carbocycles. The van der Waals surface area contributed by atoms with E-state index in [9.17, 15) is 15.0 Å². The van der Waals surface area contributed by atoms with E-state index in [0.717, 1.165) is 12.8 Å². The second-order valence-electron chi connectivity index (χ2n) is 5.90. The summed E-state index contributed by atoms with van der Waals surface area (Å²) in [5, 5.41) is 30.7. The first-order valence-corrected chi connectivity index (χ1v) is 7.31. The van der Waals surface area contributed by atoms with E-state index in [0.29, 0.717) is 32.4 Å². The van der Waals surface area contributed by atoms with Gasteiger partial charge in [-0.3, -0.25) is 4.79 Å². The van der Waals surface area contributed by atoms with Crippen molar-refractivity contribution in [3.05, 3.63) is 0 Å². The Balaban J connectivity index is 2.01. The normalized spacial score (nSPS) is 28.6. The number of nitrogens with zero attached hydrogens (tertiary/aromatic N) is 2. The van der Waals surface area contributed by atoms with Crippen LogP contribution in [0, 0.1) is 16.7 Å². The third kappa shape index (κ3) is 2.95. The van der Waals surface area contributed by atoms with Gasteiger partial charge in [0.05, 0.1) is 12.1 Å². The van der Waals surface area contributed by atoms with Gasteiger partial charge in [0.15, 0.2) is 0 Å². The van der Waals surface area contributed by atoms with Crippen molar-refractivity contribution in [3.63, 3.8) is 0 Å². The van der Waals surface area contributed by atoms with Gasteiger partial charge in [-0.25, -0.2) is 0 Å². The predicted molar refractivity (Wildman–Crippen MR) is 72.6 cm³/mol. The standard InChI is InChI=1S/C14H23N3O3/c15-9-11-2-1-5-17(11)13(20)12-8-14(3-6-18,4-7-19)10-16-12/h11-12,16,18-19H,1-8,10H2/t11-,12-/m0/s1. The van der Waals surface area contributed by atoms with Crippen molar-refractivity contribution in [2.24, 2.45) is 5.41 Å². The summed E-state index contributed by atoms with van der Waals surface area (Å²) in [6, 6.07) is 1.60. The molecule has 20 heavy (non-hydrogen) atoms. The van der Waals surface area contributed by atoms with E-state index in [1.54, 1.807) is 4.90 Å². The summed E-state index contributed by atoms with van der Waals surface area (Å²) in [5.74, 6) is -0.00759. The highest BCUT2D eigenvalue weighted by molar-refractivity contribution is 5.83. The highest BCUT2D eigenvalue weighted by Crippen LogP contribution is 2.36. The van der Waals surface area contributed by atoms with Crippen LogP contribution in [-0.4, -0.2) is 59.4 Å². The van der Waals surface area contributed by atoms with E-state index in [2.05, 4.69) is 11.4 Å². The maximum absolute atomic E-state index is 12.5. The number of nitriles is 1. The molecule has 2 saturated heterocycles. The first-order chi connectivity index (χ1) is 9.65. The topological polar surface area (TPSA) is 96.6 Å². The molecule has 0 saturated carbocycles. The molecule has 2 atom stereocenters. The lowest BCUT2D eigenvalue weighted by atomic mass is 9.79. The summed E-state index contributed by atoms with van der Waals surface area (Å²) in [4.78, 5) is 14.2. The van der Waals surface area contributed by atoms with E-state index in [1.807, 2.05) is 0 Å². The van der Waals surface area contributed by atoms with Gasteiger partial charge in [-0.05, 0) is 37.5 Å². The minimum absolute atomic E-state index is 0.00759. The van der Waals surface area contributed by atoms with E-state index >= 15 is 0 Å². The summed E-state index contributed by atoms with van der Waals surface area (Å²) in [6.07, 6.45) is 3.45. The average Bonchev–Trinajstić information content (AvgIpc) is 3.06. The number of carbonyl (C=O) groups excluding carboxylic acids is 1. The molecular weight excluding hydrogens is 258 g/mol. The van der Waals surface area contributed by atoms with Crippen LogP contribution in [-0.2, 0) is 4.79 Å². The number of likely N-dealkylation sites (tertiary alicyclic amines) is 1. The smallest absolute Gasteiger partial charge is 0.240 e. The van der Waals surface area contributed by atoms with Crippen molar-refractivity contribution in [1.29, 1.82) is 5.26 Å². The Labute approximate surface area is 119 Å². The van der Waals surface area contributed by atoms with Crippen molar-refractivity contribution < 1.29 is 15.0 Å². The Morgan fingerprint density at radius 1 is 1.40 bits per heavy atom. The fourth-order valence-corrected chi connectivity index (χ4v) is 3.44. The van der Waals surface area contributed by atoms with Crippen molar-refractivity contribution in [2.45, 2.75) is 44.2 Å². The molecule has 2 rings (SSSR count). The maximum atomic E-state index is 12.5. The maximum Gasteiger partial charge on any atom is 0.240 e. The van der Waals surface area contributed by atoms with Gasteiger partial charge in [0, 0.05) is 26.3 Å². The zero-order valence-electron chi connectivity index (χ0n) is 11.7. The molecule has 0 aromatic heterocycles. The quantitative estimate of drug-likeness (QED) is 0.638. The second kappa shape index (κ2) is 6.53. The number of hydrogen-bond donors (Lipinski definition) is 3. The number of nitrogens with one attached hydrogen (secondary N) is 1. The summed E-state index contributed by atoms with van der Waals surface area (Å²) in [6.45, 7) is 1.41. The number of aliphatic hydroxyl groups is 2. The first-order valence-electron chi connectivity index (χ1n) is 7.31. The lowest BCUT2D eigenvalue weighted by Crippen LogP contribution is -2.45. The van der Waals surface area contributed by atoms with Crippen LogP contribution in [0.3, 0.4) is 0 Å². The minimum Gasteiger partial charge on any atom is -0.396 e. The van der Waals surface area contributed by atoms with Crippen LogP contribution >= 0.6 is 0 Å². The molecule has 112 valence electrons. The van der Waals surface area contributed by atoms with Crippen molar-refractivity contribution in [2.75, 3.05) is 26.3 Å². The van der Waals surface area contributed by atoms with Crippen LogP contribution < -0.4 is 5.32 Å². The zero-order chi connectivity index (χ0) is 14.6. The van der Waals surface area contributed by atoms with Crippen LogP contribution in [0.4, 0.5) is 0 Å². The first kappa shape index (κ1) is 15.2. The van der Waals surface area contributed by atoms with E-state index in [1.165, 1.54) is 0 Å². The Morgan fingerprint density at radius 2 is 2.10 bits per heavy atom. The molecule has 3 N–H and O–H groups in total. The van der Waals surface area contributed by atoms with Crippen molar-refractivity contribution in [3.8, 4) is 6.07 Å². The highest BCUT2D eigenvalue weighted by atomic mass is 16.3.